The zero-order chi connectivity index (χ0) is 12.4. The minimum Gasteiger partial charge on any atom is -0.379 e. The van der Waals surface area contributed by atoms with Gasteiger partial charge in [0.05, 0.1) is 23.2 Å². The molecule has 0 bridgehead atoms. The van der Waals surface area contributed by atoms with E-state index in [9.17, 15) is 4.79 Å². The second-order valence-corrected chi connectivity index (χ2v) is 5.66. The minimum absolute atomic E-state index is 0.286. The van der Waals surface area contributed by atoms with E-state index in [1.807, 2.05) is 7.05 Å². The Morgan fingerprint density at radius 1 is 1.59 bits per heavy atom. The van der Waals surface area contributed by atoms with Crippen molar-refractivity contribution in [3.63, 3.8) is 0 Å². The molecule has 1 aromatic heterocycles. The number of hydrogen-bond donors (Lipinski definition) is 0. The quantitative estimate of drug-likeness (QED) is 0.773. The number of aldehydes is 1. The van der Waals surface area contributed by atoms with E-state index in [4.69, 9.17) is 4.74 Å². The second-order valence-electron chi connectivity index (χ2n) is 4.65. The van der Waals surface area contributed by atoms with E-state index < -0.39 is 0 Å². The van der Waals surface area contributed by atoms with Crippen molar-refractivity contribution < 1.29 is 9.53 Å². The molecule has 17 heavy (non-hydrogen) atoms. The van der Waals surface area contributed by atoms with Crippen LogP contribution in [-0.4, -0.2) is 37.6 Å². The summed E-state index contributed by atoms with van der Waals surface area (Å²) in [5.74, 6) is 0.286. The van der Waals surface area contributed by atoms with E-state index in [0.717, 1.165) is 41.6 Å². The SMILES string of the molecule is CC(C)c1nc(N(C)C2CCOC2)sc1C=O. The van der Waals surface area contributed by atoms with Gasteiger partial charge in [-0.3, -0.25) is 4.79 Å². The van der Waals surface area contributed by atoms with Crippen molar-refractivity contribution in [3.8, 4) is 0 Å². The van der Waals surface area contributed by atoms with Crippen LogP contribution in [0.5, 0.6) is 0 Å². The highest BCUT2D eigenvalue weighted by atomic mass is 32.1. The molecule has 5 heteroatoms. The summed E-state index contributed by atoms with van der Waals surface area (Å²) in [5.41, 5.74) is 0.908. The number of aromatic nitrogens is 1. The van der Waals surface area contributed by atoms with Crippen molar-refractivity contribution in [2.75, 3.05) is 25.2 Å². The van der Waals surface area contributed by atoms with E-state index in [-0.39, 0.29) is 5.92 Å². The molecule has 1 fully saturated rings. The summed E-state index contributed by atoms with van der Waals surface area (Å²) in [6, 6.07) is 0.390. The second kappa shape index (κ2) is 5.14. The van der Waals surface area contributed by atoms with Gasteiger partial charge in [-0.15, -0.1) is 0 Å². The van der Waals surface area contributed by atoms with Gasteiger partial charge >= 0.3 is 0 Å². The van der Waals surface area contributed by atoms with Crippen LogP contribution in [0, 0.1) is 0 Å². The van der Waals surface area contributed by atoms with Gasteiger partial charge in [-0.25, -0.2) is 4.98 Å². The molecule has 0 radical (unpaired) electrons. The summed E-state index contributed by atoms with van der Waals surface area (Å²) < 4.78 is 5.38. The summed E-state index contributed by atoms with van der Waals surface area (Å²) >= 11 is 1.47. The van der Waals surface area contributed by atoms with Gasteiger partial charge in [0.15, 0.2) is 11.4 Å². The van der Waals surface area contributed by atoms with Gasteiger partial charge in [0, 0.05) is 13.7 Å². The fourth-order valence-electron chi connectivity index (χ4n) is 1.96. The largest absolute Gasteiger partial charge is 0.379 e. The standard InChI is InChI=1S/C12H18N2O2S/c1-8(2)11-10(6-15)17-12(13-11)14(3)9-4-5-16-7-9/h6,8-9H,4-5,7H2,1-3H3. The molecular formula is C12H18N2O2S. The summed E-state index contributed by atoms with van der Waals surface area (Å²) in [4.78, 5) is 18.5. The summed E-state index contributed by atoms with van der Waals surface area (Å²) in [6.07, 6.45) is 1.94. The first-order chi connectivity index (χ1) is 8.13. The third-order valence-corrected chi connectivity index (χ3v) is 4.17. The number of hydrogen-bond acceptors (Lipinski definition) is 5. The molecule has 2 rings (SSSR count). The van der Waals surface area contributed by atoms with Gasteiger partial charge in [0.25, 0.3) is 0 Å². The van der Waals surface area contributed by atoms with Crippen LogP contribution in [-0.2, 0) is 4.74 Å². The Bertz CT molecular complexity index is 397. The van der Waals surface area contributed by atoms with Gasteiger partial charge in [-0.2, -0.15) is 0 Å². The van der Waals surface area contributed by atoms with Crippen molar-refractivity contribution in [3.05, 3.63) is 10.6 Å². The number of thiazole rings is 1. The number of carbonyl (C=O) groups excluding carboxylic acids is 1. The molecule has 0 aromatic carbocycles. The predicted molar refractivity (Wildman–Crippen MR) is 69.2 cm³/mol. The molecule has 4 nitrogen and oxygen atoms in total. The molecule has 1 aromatic rings. The highest BCUT2D eigenvalue weighted by Crippen LogP contribution is 2.30. The van der Waals surface area contributed by atoms with Crippen LogP contribution < -0.4 is 4.90 Å². The molecule has 2 heterocycles. The summed E-state index contributed by atoms with van der Waals surface area (Å²) in [6.45, 7) is 5.69. The molecule has 1 atom stereocenters. The van der Waals surface area contributed by atoms with Crippen molar-refractivity contribution in [1.29, 1.82) is 0 Å². The van der Waals surface area contributed by atoms with Crippen LogP contribution in [0.15, 0.2) is 0 Å². The van der Waals surface area contributed by atoms with Gasteiger partial charge in [0.2, 0.25) is 0 Å². The Morgan fingerprint density at radius 2 is 2.35 bits per heavy atom. The zero-order valence-corrected chi connectivity index (χ0v) is 11.3. The molecule has 0 spiro atoms. The minimum atomic E-state index is 0.286. The van der Waals surface area contributed by atoms with Crippen LogP contribution in [0.2, 0.25) is 0 Å². The molecule has 0 N–H and O–H groups in total. The first kappa shape index (κ1) is 12.5. The number of rotatable bonds is 4. The molecular weight excluding hydrogens is 236 g/mol. The first-order valence-corrected chi connectivity index (χ1v) is 6.71. The Labute approximate surface area is 106 Å². The van der Waals surface area contributed by atoms with E-state index >= 15 is 0 Å². The topological polar surface area (TPSA) is 42.4 Å². The van der Waals surface area contributed by atoms with Crippen LogP contribution in [0.4, 0.5) is 5.13 Å². The van der Waals surface area contributed by atoms with Crippen LogP contribution >= 0.6 is 11.3 Å². The molecule has 94 valence electrons. The number of carbonyl (C=O) groups is 1. The highest BCUT2D eigenvalue weighted by Gasteiger charge is 2.24. The Kier molecular flexibility index (Phi) is 3.79. The van der Waals surface area contributed by atoms with Crippen LogP contribution in [0.3, 0.4) is 0 Å². The highest BCUT2D eigenvalue weighted by molar-refractivity contribution is 7.17. The van der Waals surface area contributed by atoms with Crippen LogP contribution in [0.25, 0.3) is 0 Å². The van der Waals surface area contributed by atoms with Crippen molar-refractivity contribution >= 4 is 22.8 Å². The van der Waals surface area contributed by atoms with Crippen LogP contribution in [0.1, 0.15) is 41.6 Å². The smallest absolute Gasteiger partial charge is 0.186 e. The average molecular weight is 254 g/mol. The molecule has 0 saturated carbocycles. The fourth-order valence-corrected chi connectivity index (χ4v) is 3.03. The maximum Gasteiger partial charge on any atom is 0.186 e. The van der Waals surface area contributed by atoms with Gasteiger partial charge in [0.1, 0.15) is 0 Å². The van der Waals surface area contributed by atoms with Gasteiger partial charge in [-0.05, 0) is 12.3 Å². The predicted octanol–water partition coefficient (Wildman–Crippen LogP) is 2.30. The number of nitrogens with zero attached hydrogens (tertiary/aromatic N) is 2. The Hall–Kier alpha value is -0.940. The lowest BCUT2D eigenvalue weighted by Crippen LogP contribution is -2.31. The normalized spacial score (nSPS) is 19.9. The summed E-state index contributed by atoms with van der Waals surface area (Å²) in [7, 11) is 2.02. The average Bonchev–Trinajstić information content (AvgIpc) is 2.97. The molecule has 0 amide bonds. The maximum atomic E-state index is 11.0. The lowest BCUT2D eigenvalue weighted by atomic mass is 10.1. The lowest BCUT2D eigenvalue weighted by Gasteiger charge is -2.21. The first-order valence-electron chi connectivity index (χ1n) is 5.90. The maximum absolute atomic E-state index is 11.0. The van der Waals surface area contributed by atoms with E-state index in [1.165, 1.54) is 11.3 Å². The third kappa shape index (κ3) is 2.50. The van der Waals surface area contributed by atoms with E-state index in [0.29, 0.717) is 6.04 Å². The molecule has 1 unspecified atom stereocenters. The van der Waals surface area contributed by atoms with Crippen molar-refractivity contribution in [2.24, 2.45) is 0 Å². The number of anilines is 1. The monoisotopic (exact) mass is 254 g/mol. The van der Waals surface area contributed by atoms with Gasteiger partial charge < -0.3 is 9.64 Å². The summed E-state index contributed by atoms with van der Waals surface area (Å²) in [5, 5.41) is 0.923. The number of ether oxygens (including phenoxy) is 1. The Balaban J connectivity index is 2.23. The number of likely N-dealkylation sites (N-methyl/N-ethyl adjacent to an activating group) is 1. The molecule has 0 aliphatic carbocycles. The Morgan fingerprint density at radius 3 is 2.82 bits per heavy atom. The zero-order valence-electron chi connectivity index (χ0n) is 10.5. The molecule has 1 aliphatic heterocycles. The van der Waals surface area contributed by atoms with E-state index in [1.54, 1.807) is 0 Å². The molecule has 1 saturated heterocycles. The van der Waals surface area contributed by atoms with E-state index in [2.05, 4.69) is 23.7 Å². The van der Waals surface area contributed by atoms with Gasteiger partial charge in [-0.1, -0.05) is 25.2 Å². The fraction of sp³-hybridized carbons (Fsp3) is 0.667. The van der Waals surface area contributed by atoms with Crippen molar-refractivity contribution in [1.82, 2.24) is 4.98 Å². The third-order valence-electron chi connectivity index (χ3n) is 3.08. The lowest BCUT2D eigenvalue weighted by molar-refractivity contribution is 0.112. The molecule has 1 aliphatic rings. The van der Waals surface area contributed by atoms with Crippen molar-refractivity contribution in [2.45, 2.75) is 32.2 Å².